The number of aliphatic carboxylic acids is 1. The molecule has 0 atom stereocenters. The van der Waals surface area contributed by atoms with Gasteiger partial charge < -0.3 is 15.3 Å². The summed E-state index contributed by atoms with van der Waals surface area (Å²) < 4.78 is 0. The molecule has 1 heterocycles. The Bertz CT molecular complexity index is 491. The third kappa shape index (κ3) is 6.20. The molecule has 0 bridgehead atoms. The van der Waals surface area contributed by atoms with Crippen LogP contribution in [0.15, 0.2) is 12.3 Å². The molecule has 2 amide bonds. The maximum Gasteiger partial charge on any atom is 0.317 e. The number of carboxylic acid groups (broad SMARTS) is 1. The van der Waals surface area contributed by atoms with Gasteiger partial charge in [-0.1, -0.05) is 0 Å². The van der Waals surface area contributed by atoms with Gasteiger partial charge in [0.25, 0.3) is 0 Å². The summed E-state index contributed by atoms with van der Waals surface area (Å²) in [6.45, 7) is 6.32. The molecule has 0 aliphatic carbocycles. The first kappa shape index (κ1) is 16.9. The number of carboxylic acids is 1. The van der Waals surface area contributed by atoms with E-state index >= 15 is 0 Å². The van der Waals surface area contributed by atoms with Crippen molar-refractivity contribution < 1.29 is 14.7 Å². The Morgan fingerprint density at radius 3 is 2.71 bits per heavy atom. The summed E-state index contributed by atoms with van der Waals surface area (Å²) in [4.78, 5) is 32.5. The summed E-state index contributed by atoms with van der Waals surface area (Å²) in [6, 6.07) is 1.54. The maximum atomic E-state index is 12.1. The van der Waals surface area contributed by atoms with Gasteiger partial charge in [0, 0.05) is 25.2 Å². The molecular formula is C14H22N4O3. The summed E-state index contributed by atoms with van der Waals surface area (Å²) in [5.41, 5.74) is 0.741. The Hall–Kier alpha value is -2.18. The zero-order valence-corrected chi connectivity index (χ0v) is 12.7. The Morgan fingerprint density at radius 2 is 2.14 bits per heavy atom. The molecule has 21 heavy (non-hydrogen) atoms. The van der Waals surface area contributed by atoms with Crippen molar-refractivity contribution in [2.75, 3.05) is 6.54 Å². The molecule has 7 heteroatoms. The van der Waals surface area contributed by atoms with Gasteiger partial charge in [0.05, 0.1) is 12.2 Å². The minimum atomic E-state index is -0.851. The molecule has 1 rings (SSSR count). The van der Waals surface area contributed by atoms with Crippen molar-refractivity contribution >= 4 is 12.0 Å². The molecule has 0 fully saturated rings. The quantitative estimate of drug-likeness (QED) is 0.796. The molecular weight excluding hydrogens is 272 g/mol. The second kappa shape index (κ2) is 8.18. The Balaban J connectivity index is 2.50. The van der Waals surface area contributed by atoms with Gasteiger partial charge in [-0.15, -0.1) is 0 Å². The summed E-state index contributed by atoms with van der Waals surface area (Å²) in [5.74, 6) is -0.195. The summed E-state index contributed by atoms with van der Waals surface area (Å²) in [5, 5.41) is 11.4. The van der Waals surface area contributed by atoms with Crippen LogP contribution < -0.4 is 5.32 Å². The molecule has 0 aromatic carbocycles. The molecule has 0 aliphatic rings. The Kier molecular flexibility index (Phi) is 6.58. The van der Waals surface area contributed by atoms with Gasteiger partial charge in [-0.25, -0.2) is 14.8 Å². The largest absolute Gasteiger partial charge is 0.481 e. The standard InChI is InChI=1S/C14H22N4O3/c1-10(2)18(8-4-5-13(19)20)14(21)16-9-12-6-7-15-11(3)17-12/h6-7,10H,4-5,8-9H2,1-3H3,(H,16,21)(H,19,20). The predicted octanol–water partition coefficient (Wildman–Crippen LogP) is 1.57. The minimum absolute atomic E-state index is 0.00549. The highest BCUT2D eigenvalue weighted by molar-refractivity contribution is 5.74. The van der Waals surface area contributed by atoms with Crippen LogP contribution >= 0.6 is 0 Å². The third-order valence-electron chi connectivity index (χ3n) is 2.93. The van der Waals surface area contributed by atoms with E-state index in [1.165, 1.54) is 0 Å². The van der Waals surface area contributed by atoms with E-state index in [2.05, 4.69) is 15.3 Å². The van der Waals surface area contributed by atoms with E-state index < -0.39 is 5.97 Å². The number of aryl methyl sites for hydroxylation is 1. The molecule has 0 radical (unpaired) electrons. The average Bonchev–Trinajstić information content (AvgIpc) is 2.40. The van der Waals surface area contributed by atoms with Gasteiger partial charge in [0.2, 0.25) is 0 Å². The van der Waals surface area contributed by atoms with Crippen LogP contribution in [0.3, 0.4) is 0 Å². The van der Waals surface area contributed by atoms with Crippen molar-refractivity contribution in [1.29, 1.82) is 0 Å². The second-order valence-electron chi connectivity index (χ2n) is 5.04. The van der Waals surface area contributed by atoms with Crippen LogP contribution in [0, 0.1) is 6.92 Å². The van der Waals surface area contributed by atoms with Crippen LogP contribution in [0.5, 0.6) is 0 Å². The summed E-state index contributed by atoms with van der Waals surface area (Å²) in [6.07, 6.45) is 2.14. The molecule has 0 saturated carbocycles. The molecule has 0 aliphatic heterocycles. The molecule has 0 saturated heterocycles. The lowest BCUT2D eigenvalue weighted by Crippen LogP contribution is -2.44. The smallest absolute Gasteiger partial charge is 0.317 e. The molecule has 7 nitrogen and oxygen atoms in total. The molecule has 1 aromatic heterocycles. The molecule has 0 unspecified atom stereocenters. The zero-order valence-electron chi connectivity index (χ0n) is 12.7. The van der Waals surface area contributed by atoms with Crippen molar-refractivity contribution in [2.24, 2.45) is 0 Å². The van der Waals surface area contributed by atoms with E-state index in [-0.39, 0.29) is 18.5 Å². The first-order valence-corrected chi connectivity index (χ1v) is 6.95. The average molecular weight is 294 g/mol. The number of nitrogens with one attached hydrogen (secondary N) is 1. The minimum Gasteiger partial charge on any atom is -0.481 e. The van der Waals surface area contributed by atoms with Gasteiger partial charge in [-0.3, -0.25) is 4.79 Å². The lowest BCUT2D eigenvalue weighted by molar-refractivity contribution is -0.137. The van der Waals surface area contributed by atoms with Gasteiger partial charge in [0.15, 0.2) is 0 Å². The third-order valence-corrected chi connectivity index (χ3v) is 2.93. The highest BCUT2D eigenvalue weighted by Gasteiger charge is 2.16. The highest BCUT2D eigenvalue weighted by Crippen LogP contribution is 2.03. The van der Waals surface area contributed by atoms with Crippen LogP contribution in [0.4, 0.5) is 4.79 Å². The van der Waals surface area contributed by atoms with E-state index in [9.17, 15) is 9.59 Å². The van der Waals surface area contributed by atoms with Crippen molar-refractivity contribution in [3.05, 3.63) is 23.8 Å². The predicted molar refractivity (Wildman–Crippen MR) is 77.7 cm³/mol. The van der Waals surface area contributed by atoms with Crippen molar-refractivity contribution in [1.82, 2.24) is 20.2 Å². The summed E-state index contributed by atoms with van der Waals surface area (Å²) >= 11 is 0. The number of carbonyl (C=O) groups is 2. The van der Waals surface area contributed by atoms with Crippen LogP contribution in [0.2, 0.25) is 0 Å². The fourth-order valence-electron chi connectivity index (χ4n) is 1.87. The van der Waals surface area contributed by atoms with Gasteiger partial charge in [-0.05, 0) is 33.3 Å². The fourth-order valence-corrected chi connectivity index (χ4v) is 1.87. The summed E-state index contributed by atoms with van der Waals surface area (Å²) in [7, 11) is 0. The van der Waals surface area contributed by atoms with Gasteiger partial charge >= 0.3 is 12.0 Å². The first-order valence-electron chi connectivity index (χ1n) is 6.95. The van der Waals surface area contributed by atoms with Gasteiger partial charge in [-0.2, -0.15) is 0 Å². The van der Waals surface area contributed by atoms with Crippen LogP contribution in [0.25, 0.3) is 0 Å². The number of hydrogen-bond donors (Lipinski definition) is 2. The van der Waals surface area contributed by atoms with Gasteiger partial charge in [0.1, 0.15) is 5.82 Å². The van der Waals surface area contributed by atoms with E-state index in [0.29, 0.717) is 25.3 Å². The molecule has 0 spiro atoms. The monoisotopic (exact) mass is 294 g/mol. The second-order valence-corrected chi connectivity index (χ2v) is 5.04. The van der Waals surface area contributed by atoms with Crippen molar-refractivity contribution in [3.63, 3.8) is 0 Å². The number of aromatic nitrogens is 2. The molecule has 1 aromatic rings. The van der Waals surface area contributed by atoms with E-state index in [1.54, 1.807) is 24.1 Å². The van der Waals surface area contributed by atoms with Crippen LogP contribution in [-0.2, 0) is 11.3 Å². The van der Waals surface area contributed by atoms with Crippen LogP contribution in [0.1, 0.15) is 38.2 Å². The van der Waals surface area contributed by atoms with Crippen molar-refractivity contribution in [2.45, 2.75) is 46.2 Å². The Labute approximate surface area is 124 Å². The zero-order chi connectivity index (χ0) is 15.8. The number of nitrogens with zero attached hydrogens (tertiary/aromatic N) is 3. The molecule has 116 valence electrons. The van der Waals surface area contributed by atoms with E-state index in [1.807, 2.05) is 13.8 Å². The Morgan fingerprint density at radius 1 is 1.43 bits per heavy atom. The van der Waals surface area contributed by atoms with E-state index in [0.717, 1.165) is 5.69 Å². The topological polar surface area (TPSA) is 95.4 Å². The first-order chi connectivity index (χ1) is 9.90. The number of rotatable bonds is 7. The SMILES string of the molecule is Cc1nccc(CNC(=O)N(CCCC(=O)O)C(C)C)n1. The van der Waals surface area contributed by atoms with Crippen molar-refractivity contribution in [3.8, 4) is 0 Å². The van der Waals surface area contributed by atoms with Crippen LogP contribution in [-0.4, -0.2) is 44.6 Å². The lowest BCUT2D eigenvalue weighted by Gasteiger charge is -2.26. The lowest BCUT2D eigenvalue weighted by atomic mass is 10.2. The van der Waals surface area contributed by atoms with E-state index in [4.69, 9.17) is 5.11 Å². The number of amides is 2. The fraction of sp³-hybridized carbons (Fsp3) is 0.571. The normalized spacial score (nSPS) is 10.5. The maximum absolute atomic E-state index is 12.1. The molecule has 2 N–H and O–H groups in total. The number of urea groups is 1. The highest BCUT2D eigenvalue weighted by atomic mass is 16.4. The number of carbonyl (C=O) groups excluding carboxylic acids is 1. The number of hydrogen-bond acceptors (Lipinski definition) is 4.